The molecule has 0 spiro atoms. The van der Waals surface area contributed by atoms with Crippen LogP contribution in [0.5, 0.6) is 0 Å². The van der Waals surface area contributed by atoms with Crippen LogP contribution in [0.3, 0.4) is 0 Å². The van der Waals surface area contributed by atoms with Crippen molar-refractivity contribution in [1.29, 1.82) is 0 Å². The predicted molar refractivity (Wildman–Crippen MR) is 118 cm³/mol. The summed E-state index contributed by atoms with van der Waals surface area (Å²) in [6.45, 7) is 7.41. The van der Waals surface area contributed by atoms with E-state index >= 15 is 0 Å². The van der Waals surface area contributed by atoms with E-state index in [1.165, 1.54) is 13.0 Å². The number of sulfonamides is 1. The Morgan fingerprint density at radius 2 is 1.81 bits per heavy atom. The van der Waals surface area contributed by atoms with Crippen LogP contribution in [0.2, 0.25) is 0 Å². The van der Waals surface area contributed by atoms with Gasteiger partial charge in [-0.1, -0.05) is 0 Å². The van der Waals surface area contributed by atoms with E-state index in [4.69, 9.17) is 0 Å². The smallest absolute Gasteiger partial charge is 0.240 e. The Labute approximate surface area is 181 Å². The lowest BCUT2D eigenvalue weighted by Crippen LogP contribution is -2.29. The number of hydrogen-bond acceptors (Lipinski definition) is 7. The molecule has 0 saturated heterocycles. The van der Waals surface area contributed by atoms with Gasteiger partial charge in [0, 0.05) is 31.4 Å². The lowest BCUT2D eigenvalue weighted by molar-refractivity contribution is -0.114. The van der Waals surface area contributed by atoms with Crippen LogP contribution in [0.15, 0.2) is 41.3 Å². The Kier molecular flexibility index (Phi) is 6.66. The minimum atomic E-state index is -3.69. The number of nitrogens with zero attached hydrogens (tertiary/aromatic N) is 4. The van der Waals surface area contributed by atoms with Gasteiger partial charge in [0.25, 0.3) is 0 Å². The minimum Gasteiger partial charge on any atom is -0.367 e. The maximum absolute atomic E-state index is 12.6. The highest BCUT2D eigenvalue weighted by Gasteiger charge is 2.16. The first kappa shape index (κ1) is 22.4. The summed E-state index contributed by atoms with van der Waals surface area (Å²) in [4.78, 5) is 11.3. The van der Waals surface area contributed by atoms with Gasteiger partial charge >= 0.3 is 0 Å². The van der Waals surface area contributed by atoms with Crippen LogP contribution in [0.1, 0.15) is 23.9 Å². The number of hydrogen-bond donors (Lipinski definition) is 3. The zero-order valence-corrected chi connectivity index (χ0v) is 18.6. The second-order valence-corrected chi connectivity index (χ2v) is 8.84. The maximum Gasteiger partial charge on any atom is 0.240 e. The molecule has 3 N–H and O–H groups in total. The topological polar surface area (TPSA) is 131 Å². The number of benzene rings is 1. The van der Waals surface area contributed by atoms with Crippen LogP contribution in [0.25, 0.3) is 5.82 Å². The lowest BCUT2D eigenvalue weighted by Gasteiger charge is -2.12. The van der Waals surface area contributed by atoms with Crippen molar-refractivity contribution in [2.24, 2.45) is 0 Å². The second kappa shape index (κ2) is 9.23. The molecule has 1 amide bonds. The van der Waals surface area contributed by atoms with E-state index in [1.807, 2.05) is 19.9 Å². The molecule has 0 atom stereocenters. The molecule has 0 aliphatic heterocycles. The van der Waals surface area contributed by atoms with Crippen molar-refractivity contribution < 1.29 is 13.2 Å². The van der Waals surface area contributed by atoms with Gasteiger partial charge in [-0.2, -0.15) is 5.10 Å². The fourth-order valence-electron chi connectivity index (χ4n) is 3.08. The summed E-state index contributed by atoms with van der Waals surface area (Å²) in [6, 6.07) is 10.2. The first-order chi connectivity index (χ1) is 14.7. The van der Waals surface area contributed by atoms with Gasteiger partial charge in [0.1, 0.15) is 5.82 Å². The molecule has 0 aliphatic rings. The van der Waals surface area contributed by atoms with Gasteiger partial charge in [0.15, 0.2) is 5.82 Å². The Balaban J connectivity index is 1.55. The Morgan fingerprint density at radius 1 is 1.03 bits per heavy atom. The molecule has 3 aromatic rings. The standard InChI is InChI=1S/C20H25N7O3S/c1-13-11-17(23-16(4)28)5-6-18(13)31(29,30)22-10-9-21-19-7-8-20(25-24-19)27-15(3)12-14(2)26-27/h5-8,11-12,22H,9-10H2,1-4H3,(H,21,24)(H,23,28). The number of aryl methyl sites for hydroxylation is 3. The van der Waals surface area contributed by atoms with Gasteiger partial charge in [0.05, 0.1) is 10.6 Å². The van der Waals surface area contributed by atoms with Crippen molar-refractivity contribution >= 4 is 27.4 Å². The van der Waals surface area contributed by atoms with Gasteiger partial charge in [-0.05, 0) is 62.7 Å². The van der Waals surface area contributed by atoms with Crippen molar-refractivity contribution in [3.63, 3.8) is 0 Å². The summed E-state index contributed by atoms with van der Waals surface area (Å²) in [5, 5.41) is 18.3. The summed E-state index contributed by atoms with van der Waals surface area (Å²) in [7, 11) is -3.69. The molecule has 2 heterocycles. The monoisotopic (exact) mass is 443 g/mol. The van der Waals surface area contributed by atoms with Crippen molar-refractivity contribution in [2.75, 3.05) is 23.7 Å². The largest absolute Gasteiger partial charge is 0.367 e. The predicted octanol–water partition coefficient (Wildman–Crippen LogP) is 1.94. The third kappa shape index (κ3) is 5.64. The van der Waals surface area contributed by atoms with E-state index in [2.05, 4.69) is 30.7 Å². The van der Waals surface area contributed by atoms with Crippen LogP contribution in [-0.4, -0.2) is 47.4 Å². The summed E-state index contributed by atoms with van der Waals surface area (Å²) in [5.41, 5.74) is 2.95. The van der Waals surface area contributed by atoms with Crippen LogP contribution in [-0.2, 0) is 14.8 Å². The summed E-state index contributed by atoms with van der Waals surface area (Å²) < 4.78 is 29.4. The maximum atomic E-state index is 12.6. The molecule has 31 heavy (non-hydrogen) atoms. The van der Waals surface area contributed by atoms with Gasteiger partial charge in [-0.3, -0.25) is 4.79 Å². The van der Waals surface area contributed by atoms with Gasteiger partial charge < -0.3 is 10.6 Å². The number of carbonyl (C=O) groups is 1. The SMILES string of the molecule is CC(=O)Nc1ccc(S(=O)(=O)NCCNc2ccc(-n3nc(C)cc3C)nn2)c(C)c1. The molecule has 0 radical (unpaired) electrons. The number of amides is 1. The van der Waals surface area contributed by atoms with E-state index in [1.54, 1.807) is 35.9 Å². The average Bonchev–Trinajstić information content (AvgIpc) is 3.03. The Hall–Kier alpha value is -3.31. The van der Waals surface area contributed by atoms with Crippen molar-refractivity contribution in [1.82, 2.24) is 24.7 Å². The molecule has 0 unspecified atom stereocenters. The van der Waals surface area contributed by atoms with Crippen LogP contribution >= 0.6 is 0 Å². The Morgan fingerprint density at radius 3 is 2.39 bits per heavy atom. The highest BCUT2D eigenvalue weighted by molar-refractivity contribution is 7.89. The van der Waals surface area contributed by atoms with E-state index in [9.17, 15) is 13.2 Å². The molecule has 0 saturated carbocycles. The van der Waals surface area contributed by atoms with E-state index in [0.717, 1.165) is 11.4 Å². The lowest BCUT2D eigenvalue weighted by atomic mass is 10.2. The molecule has 0 aliphatic carbocycles. The zero-order valence-electron chi connectivity index (χ0n) is 17.8. The quantitative estimate of drug-likeness (QED) is 0.453. The van der Waals surface area contributed by atoms with Crippen LogP contribution < -0.4 is 15.4 Å². The second-order valence-electron chi connectivity index (χ2n) is 7.10. The van der Waals surface area contributed by atoms with Gasteiger partial charge in [-0.25, -0.2) is 17.8 Å². The fraction of sp³-hybridized carbons (Fsp3) is 0.300. The highest BCUT2D eigenvalue weighted by atomic mass is 32.2. The van der Waals surface area contributed by atoms with Crippen LogP contribution in [0, 0.1) is 20.8 Å². The number of carbonyl (C=O) groups excluding carboxylic acids is 1. The number of nitrogens with one attached hydrogen (secondary N) is 3. The molecule has 164 valence electrons. The summed E-state index contributed by atoms with van der Waals surface area (Å²) in [6.07, 6.45) is 0. The van der Waals surface area contributed by atoms with E-state index < -0.39 is 10.0 Å². The molecular formula is C20H25N7O3S. The minimum absolute atomic E-state index is 0.163. The Bertz CT molecular complexity index is 1190. The number of aromatic nitrogens is 4. The van der Waals surface area contributed by atoms with Crippen molar-refractivity contribution in [3.8, 4) is 5.82 Å². The van der Waals surface area contributed by atoms with Gasteiger partial charge in [0.2, 0.25) is 15.9 Å². The molecule has 0 fully saturated rings. The van der Waals surface area contributed by atoms with Crippen molar-refractivity contribution in [2.45, 2.75) is 32.6 Å². The van der Waals surface area contributed by atoms with E-state index in [-0.39, 0.29) is 17.3 Å². The number of rotatable bonds is 8. The molecule has 3 rings (SSSR count). The molecule has 10 nitrogen and oxygen atoms in total. The third-order valence-corrected chi connectivity index (χ3v) is 6.01. The van der Waals surface area contributed by atoms with Gasteiger partial charge in [-0.15, -0.1) is 10.2 Å². The zero-order chi connectivity index (χ0) is 22.6. The normalized spacial score (nSPS) is 11.4. The van der Waals surface area contributed by atoms with Crippen LogP contribution in [0.4, 0.5) is 11.5 Å². The molecule has 1 aromatic carbocycles. The molecule has 0 bridgehead atoms. The molecular weight excluding hydrogens is 418 g/mol. The number of anilines is 2. The third-order valence-electron chi connectivity index (χ3n) is 4.39. The summed E-state index contributed by atoms with van der Waals surface area (Å²) in [5.74, 6) is 0.917. The average molecular weight is 444 g/mol. The fourth-order valence-corrected chi connectivity index (χ4v) is 4.34. The molecule has 11 heteroatoms. The highest BCUT2D eigenvalue weighted by Crippen LogP contribution is 2.19. The summed E-state index contributed by atoms with van der Waals surface area (Å²) >= 11 is 0. The first-order valence-electron chi connectivity index (χ1n) is 9.65. The molecule has 2 aromatic heterocycles. The van der Waals surface area contributed by atoms with Crippen molar-refractivity contribution in [3.05, 3.63) is 53.3 Å². The first-order valence-corrected chi connectivity index (χ1v) is 11.1. The van der Waals surface area contributed by atoms with E-state index in [0.29, 0.717) is 29.4 Å².